The molecule has 0 aliphatic rings. The van der Waals surface area contributed by atoms with E-state index in [-0.39, 0.29) is 5.91 Å². The number of benzene rings is 4. The predicted octanol–water partition coefficient (Wildman–Crippen LogP) is 8.05. The van der Waals surface area contributed by atoms with Gasteiger partial charge in [-0.05, 0) is 41.7 Å². The summed E-state index contributed by atoms with van der Waals surface area (Å²) in [6.07, 6.45) is 6.11. The van der Waals surface area contributed by atoms with Crippen LogP contribution in [0, 0.1) is 0 Å². The Hall–Kier alpha value is -4.09. The van der Waals surface area contributed by atoms with E-state index in [0.717, 1.165) is 48.8 Å². The van der Waals surface area contributed by atoms with Crippen molar-refractivity contribution < 1.29 is 4.79 Å². The number of para-hydroxylation sites is 1. The standard InChI is InChI=1S/C36H37N3OS/c40-34(38-26-13-2-1-12-25-37-33-24-14-16-29-17-15-27-39-35(29)33)28-41-36(30-18-6-3-7-19-30,31-20-8-4-9-21-31)32-22-10-5-11-23-32/h3-11,14-24,27,37H,1-2,12-13,25-26,28H2,(H,38,40). The third kappa shape index (κ3) is 7.17. The Morgan fingerprint density at radius 2 is 1.20 bits per heavy atom. The second-order valence-electron chi connectivity index (χ2n) is 10.1. The summed E-state index contributed by atoms with van der Waals surface area (Å²) in [6.45, 7) is 1.62. The van der Waals surface area contributed by atoms with Crippen molar-refractivity contribution in [2.45, 2.75) is 30.4 Å². The highest BCUT2D eigenvalue weighted by Gasteiger charge is 2.37. The van der Waals surface area contributed by atoms with Crippen molar-refractivity contribution in [3.05, 3.63) is 144 Å². The molecule has 0 saturated heterocycles. The zero-order valence-electron chi connectivity index (χ0n) is 23.3. The molecule has 41 heavy (non-hydrogen) atoms. The van der Waals surface area contributed by atoms with Crippen LogP contribution in [0.5, 0.6) is 0 Å². The molecule has 0 unspecified atom stereocenters. The first-order valence-corrected chi connectivity index (χ1v) is 15.4. The second kappa shape index (κ2) is 14.5. The summed E-state index contributed by atoms with van der Waals surface area (Å²) in [5.74, 6) is 0.453. The van der Waals surface area contributed by atoms with Gasteiger partial charge in [0.2, 0.25) is 5.91 Å². The van der Waals surface area contributed by atoms with E-state index in [4.69, 9.17) is 0 Å². The van der Waals surface area contributed by atoms with Crippen molar-refractivity contribution in [1.82, 2.24) is 10.3 Å². The summed E-state index contributed by atoms with van der Waals surface area (Å²) >= 11 is 1.68. The van der Waals surface area contributed by atoms with Crippen LogP contribution in [-0.2, 0) is 9.54 Å². The van der Waals surface area contributed by atoms with Crippen LogP contribution in [0.4, 0.5) is 5.69 Å². The van der Waals surface area contributed by atoms with Gasteiger partial charge in [-0.15, -0.1) is 11.8 Å². The van der Waals surface area contributed by atoms with E-state index >= 15 is 0 Å². The Balaban J connectivity index is 1.11. The number of fused-ring (bicyclic) bond motifs is 1. The molecule has 5 aromatic rings. The van der Waals surface area contributed by atoms with Crippen LogP contribution in [0.1, 0.15) is 42.4 Å². The number of aromatic nitrogens is 1. The SMILES string of the molecule is O=C(CSC(c1ccccc1)(c1ccccc1)c1ccccc1)NCCCCCCNc1cccc2cccnc12. The predicted molar refractivity (Wildman–Crippen MR) is 173 cm³/mol. The number of unbranched alkanes of at least 4 members (excludes halogenated alkanes) is 3. The van der Waals surface area contributed by atoms with Gasteiger partial charge < -0.3 is 10.6 Å². The second-order valence-corrected chi connectivity index (χ2v) is 11.3. The van der Waals surface area contributed by atoms with Gasteiger partial charge in [0.1, 0.15) is 0 Å². The maximum absolute atomic E-state index is 13.0. The van der Waals surface area contributed by atoms with E-state index in [9.17, 15) is 4.79 Å². The molecule has 0 saturated carbocycles. The summed E-state index contributed by atoms with van der Waals surface area (Å²) in [5, 5.41) is 7.85. The van der Waals surface area contributed by atoms with Crippen molar-refractivity contribution in [2.75, 3.05) is 24.2 Å². The highest BCUT2D eigenvalue weighted by atomic mass is 32.2. The quantitative estimate of drug-likeness (QED) is 0.107. The number of carbonyl (C=O) groups excluding carboxylic acids is 1. The summed E-state index contributed by atoms with van der Waals surface area (Å²) < 4.78 is -0.478. The summed E-state index contributed by atoms with van der Waals surface area (Å²) in [7, 11) is 0. The molecule has 1 heterocycles. The first-order chi connectivity index (χ1) is 20.3. The number of nitrogens with zero attached hydrogens (tertiary/aromatic N) is 1. The molecule has 0 fully saturated rings. The lowest BCUT2D eigenvalue weighted by atomic mass is 9.84. The molecular formula is C36H37N3OS. The molecule has 0 bridgehead atoms. The minimum Gasteiger partial charge on any atom is -0.383 e. The Bertz CT molecular complexity index is 1410. The van der Waals surface area contributed by atoms with Crippen molar-refractivity contribution in [3.8, 4) is 0 Å². The Morgan fingerprint density at radius 1 is 0.634 bits per heavy atom. The maximum Gasteiger partial charge on any atom is 0.230 e. The Kier molecular flexibility index (Phi) is 10.1. The maximum atomic E-state index is 13.0. The number of nitrogens with one attached hydrogen (secondary N) is 2. The highest BCUT2D eigenvalue weighted by molar-refractivity contribution is 8.01. The van der Waals surface area contributed by atoms with Crippen molar-refractivity contribution >= 4 is 34.3 Å². The largest absolute Gasteiger partial charge is 0.383 e. The van der Waals surface area contributed by atoms with E-state index in [2.05, 4.69) is 113 Å². The lowest BCUT2D eigenvalue weighted by molar-refractivity contribution is -0.118. The van der Waals surface area contributed by atoms with Gasteiger partial charge in [0.15, 0.2) is 0 Å². The van der Waals surface area contributed by atoms with Gasteiger partial charge in [0.25, 0.3) is 0 Å². The minimum atomic E-state index is -0.478. The molecule has 208 valence electrons. The number of rotatable bonds is 14. The number of amides is 1. The van der Waals surface area contributed by atoms with Crippen molar-refractivity contribution in [3.63, 3.8) is 0 Å². The fraction of sp³-hybridized carbons (Fsp3) is 0.222. The summed E-state index contributed by atoms with van der Waals surface area (Å²) in [5.41, 5.74) is 5.62. The zero-order chi connectivity index (χ0) is 28.2. The molecule has 0 atom stereocenters. The zero-order valence-corrected chi connectivity index (χ0v) is 24.2. The molecular weight excluding hydrogens is 522 g/mol. The topological polar surface area (TPSA) is 54.0 Å². The molecule has 1 amide bonds. The van der Waals surface area contributed by atoms with Gasteiger partial charge in [0.05, 0.1) is 21.7 Å². The van der Waals surface area contributed by atoms with Crippen LogP contribution >= 0.6 is 11.8 Å². The van der Waals surface area contributed by atoms with Crippen LogP contribution in [0.15, 0.2) is 128 Å². The molecule has 2 N–H and O–H groups in total. The van der Waals surface area contributed by atoms with Gasteiger partial charge in [-0.2, -0.15) is 0 Å². The van der Waals surface area contributed by atoms with Crippen LogP contribution in [0.2, 0.25) is 0 Å². The van der Waals surface area contributed by atoms with E-state index in [0.29, 0.717) is 12.3 Å². The van der Waals surface area contributed by atoms with Gasteiger partial charge in [-0.3, -0.25) is 9.78 Å². The minimum absolute atomic E-state index is 0.0762. The van der Waals surface area contributed by atoms with E-state index in [1.54, 1.807) is 11.8 Å². The summed E-state index contributed by atoms with van der Waals surface area (Å²) in [6, 6.07) is 41.8. The molecule has 0 aliphatic carbocycles. The lowest BCUT2D eigenvalue weighted by Crippen LogP contribution is -2.31. The molecule has 0 aliphatic heterocycles. The fourth-order valence-corrected chi connectivity index (χ4v) is 6.65. The number of carbonyl (C=O) groups is 1. The smallest absolute Gasteiger partial charge is 0.230 e. The number of thioether (sulfide) groups is 1. The number of anilines is 1. The van der Waals surface area contributed by atoms with Crippen molar-refractivity contribution in [1.29, 1.82) is 0 Å². The lowest BCUT2D eigenvalue weighted by Gasteiger charge is -2.35. The highest BCUT2D eigenvalue weighted by Crippen LogP contribution is 2.48. The number of pyridine rings is 1. The summed E-state index contributed by atoms with van der Waals surface area (Å²) in [4.78, 5) is 17.5. The van der Waals surface area contributed by atoms with Crippen LogP contribution in [0.25, 0.3) is 10.9 Å². The van der Waals surface area contributed by atoms with E-state index < -0.39 is 4.75 Å². The third-order valence-corrected chi connectivity index (χ3v) is 8.88. The van der Waals surface area contributed by atoms with Gasteiger partial charge in [-0.1, -0.05) is 122 Å². The average molecular weight is 560 g/mol. The normalized spacial score (nSPS) is 11.3. The van der Waals surface area contributed by atoms with E-state index in [1.807, 2.05) is 30.5 Å². The Morgan fingerprint density at radius 3 is 1.80 bits per heavy atom. The van der Waals surface area contributed by atoms with Gasteiger partial charge in [-0.25, -0.2) is 0 Å². The Labute approximate surface area is 247 Å². The molecule has 4 nitrogen and oxygen atoms in total. The first kappa shape index (κ1) is 28.4. The molecule has 1 aromatic heterocycles. The molecule has 5 rings (SSSR count). The van der Waals surface area contributed by atoms with Crippen LogP contribution in [0.3, 0.4) is 0 Å². The first-order valence-electron chi connectivity index (χ1n) is 14.4. The fourth-order valence-electron chi connectivity index (χ4n) is 5.29. The third-order valence-electron chi connectivity index (χ3n) is 7.33. The molecule has 4 aromatic carbocycles. The molecule has 5 heteroatoms. The number of hydrogen-bond donors (Lipinski definition) is 2. The average Bonchev–Trinajstić information content (AvgIpc) is 3.04. The molecule has 0 spiro atoms. The van der Waals surface area contributed by atoms with Crippen LogP contribution in [-0.4, -0.2) is 29.7 Å². The van der Waals surface area contributed by atoms with Crippen LogP contribution < -0.4 is 10.6 Å². The van der Waals surface area contributed by atoms with Gasteiger partial charge >= 0.3 is 0 Å². The molecule has 0 radical (unpaired) electrons. The number of hydrogen-bond acceptors (Lipinski definition) is 4. The van der Waals surface area contributed by atoms with Crippen molar-refractivity contribution in [2.24, 2.45) is 0 Å². The van der Waals surface area contributed by atoms with Gasteiger partial charge in [0, 0.05) is 24.7 Å². The monoisotopic (exact) mass is 559 g/mol. The van der Waals surface area contributed by atoms with E-state index in [1.165, 1.54) is 16.7 Å².